The first kappa shape index (κ1) is 19.1. The summed E-state index contributed by atoms with van der Waals surface area (Å²) in [6.45, 7) is 3.48. The molecule has 3 aromatic rings. The van der Waals surface area contributed by atoms with Crippen molar-refractivity contribution in [3.8, 4) is 5.75 Å². The lowest BCUT2D eigenvalue weighted by Gasteiger charge is -2.40. The number of ether oxygens (including phenoxy) is 1. The molecule has 4 nitrogen and oxygen atoms in total. The van der Waals surface area contributed by atoms with Gasteiger partial charge in [0.15, 0.2) is 0 Å². The summed E-state index contributed by atoms with van der Waals surface area (Å²) in [6, 6.07) is 20.5. The van der Waals surface area contributed by atoms with Crippen molar-refractivity contribution in [2.45, 2.75) is 12.3 Å². The van der Waals surface area contributed by atoms with E-state index in [9.17, 15) is 9.18 Å². The first-order valence-corrected chi connectivity index (χ1v) is 10.6. The van der Waals surface area contributed by atoms with E-state index in [0.717, 1.165) is 30.4 Å². The minimum atomic E-state index is -0.419. The Labute approximate surface area is 175 Å². The predicted octanol–water partition coefficient (Wildman–Crippen LogP) is 4.80. The van der Waals surface area contributed by atoms with Crippen LogP contribution in [-0.2, 0) is 0 Å². The van der Waals surface area contributed by atoms with Crippen molar-refractivity contribution in [1.29, 1.82) is 0 Å². The van der Waals surface area contributed by atoms with E-state index < -0.39 is 6.09 Å². The van der Waals surface area contributed by atoms with E-state index >= 15 is 0 Å². The maximum Gasteiger partial charge on any atom is 0.412 e. The third-order valence-electron chi connectivity index (χ3n) is 6.59. The van der Waals surface area contributed by atoms with E-state index in [0.29, 0.717) is 30.0 Å². The van der Waals surface area contributed by atoms with Gasteiger partial charge in [-0.25, -0.2) is 9.18 Å². The Morgan fingerprint density at radius 3 is 2.70 bits per heavy atom. The summed E-state index contributed by atoms with van der Waals surface area (Å²) in [5.74, 6) is 2.28. The Morgan fingerprint density at radius 2 is 1.83 bits per heavy atom. The topological polar surface area (TPSA) is 41.6 Å². The van der Waals surface area contributed by atoms with Crippen LogP contribution < -0.4 is 10.1 Å². The fraction of sp³-hybridized carbons (Fsp3) is 0.320. The average Bonchev–Trinajstić information content (AvgIpc) is 3.06. The third-order valence-corrected chi connectivity index (χ3v) is 6.59. The molecular weight excluding hydrogens is 379 g/mol. The van der Waals surface area contributed by atoms with Crippen molar-refractivity contribution in [2.24, 2.45) is 11.8 Å². The lowest BCUT2D eigenvalue weighted by Crippen LogP contribution is -2.35. The van der Waals surface area contributed by atoms with Crippen LogP contribution in [0.4, 0.5) is 9.18 Å². The lowest BCUT2D eigenvalue weighted by molar-refractivity contribution is 0.191. The number of halogens is 1. The molecule has 1 saturated heterocycles. The zero-order valence-corrected chi connectivity index (χ0v) is 16.8. The molecule has 0 bridgehead atoms. The molecule has 1 heterocycles. The molecule has 0 aromatic heterocycles. The monoisotopic (exact) mass is 404 g/mol. The normalized spacial score (nSPS) is 23.0. The Morgan fingerprint density at radius 1 is 1.03 bits per heavy atom. The number of rotatable bonds is 5. The van der Waals surface area contributed by atoms with Crippen LogP contribution in [0.3, 0.4) is 0 Å². The fourth-order valence-electron chi connectivity index (χ4n) is 5.01. The van der Waals surface area contributed by atoms with Crippen molar-refractivity contribution in [3.05, 3.63) is 78.1 Å². The molecule has 3 aromatic carbocycles. The van der Waals surface area contributed by atoms with Crippen molar-refractivity contribution >= 4 is 16.9 Å². The van der Waals surface area contributed by atoms with Crippen LogP contribution in [-0.4, -0.2) is 37.2 Å². The predicted molar refractivity (Wildman–Crippen MR) is 115 cm³/mol. The number of amides is 1. The van der Waals surface area contributed by atoms with Crippen molar-refractivity contribution < 1.29 is 13.9 Å². The number of likely N-dealkylation sites (tertiary alicyclic amines) is 1. The van der Waals surface area contributed by atoms with Crippen LogP contribution in [0.25, 0.3) is 10.8 Å². The molecule has 3 unspecified atom stereocenters. The molecule has 3 atom stereocenters. The van der Waals surface area contributed by atoms with Gasteiger partial charge in [-0.3, -0.25) is 0 Å². The number of hydrogen-bond acceptors (Lipinski definition) is 3. The number of benzene rings is 3. The van der Waals surface area contributed by atoms with Crippen molar-refractivity contribution in [2.75, 3.05) is 26.2 Å². The van der Waals surface area contributed by atoms with Crippen LogP contribution in [0.15, 0.2) is 66.7 Å². The SMILES string of the molecule is O=C(NCCN1CC2CC(c3ccc(F)cc3)C2C1)Oc1cccc2ccccc12. The van der Waals surface area contributed by atoms with E-state index in [-0.39, 0.29) is 5.82 Å². The zero-order chi connectivity index (χ0) is 20.5. The van der Waals surface area contributed by atoms with Crippen LogP contribution in [0.5, 0.6) is 5.75 Å². The Hall–Kier alpha value is -2.92. The summed E-state index contributed by atoms with van der Waals surface area (Å²) in [7, 11) is 0. The molecular formula is C25H25FN2O2. The van der Waals surface area contributed by atoms with Crippen LogP contribution in [0.2, 0.25) is 0 Å². The van der Waals surface area contributed by atoms with Crippen molar-refractivity contribution in [3.63, 3.8) is 0 Å². The van der Waals surface area contributed by atoms with E-state index in [1.165, 1.54) is 12.0 Å². The molecule has 2 fully saturated rings. The second-order valence-corrected chi connectivity index (χ2v) is 8.37. The number of carbonyl (C=O) groups is 1. The largest absolute Gasteiger partial charge is 0.412 e. The first-order chi connectivity index (χ1) is 14.7. The Balaban J connectivity index is 1.10. The molecule has 30 heavy (non-hydrogen) atoms. The molecule has 5 rings (SSSR count). The van der Waals surface area contributed by atoms with Gasteiger partial charge >= 0.3 is 6.09 Å². The highest BCUT2D eigenvalue weighted by atomic mass is 19.1. The lowest BCUT2D eigenvalue weighted by atomic mass is 9.64. The summed E-state index contributed by atoms with van der Waals surface area (Å²) >= 11 is 0. The van der Waals surface area contributed by atoms with Gasteiger partial charge in [-0.05, 0) is 53.3 Å². The molecule has 1 amide bonds. The third kappa shape index (κ3) is 3.77. The number of fused-ring (bicyclic) bond motifs is 2. The second kappa shape index (κ2) is 8.07. The van der Waals surface area contributed by atoms with Gasteiger partial charge in [0.1, 0.15) is 11.6 Å². The summed E-state index contributed by atoms with van der Waals surface area (Å²) in [6.07, 6.45) is 0.751. The highest BCUT2D eigenvalue weighted by Gasteiger charge is 2.47. The summed E-state index contributed by atoms with van der Waals surface area (Å²) in [4.78, 5) is 14.7. The van der Waals surface area contributed by atoms with Crippen LogP contribution in [0, 0.1) is 17.7 Å². The maximum absolute atomic E-state index is 13.2. The smallest absolute Gasteiger partial charge is 0.410 e. The Bertz CT molecular complexity index is 1050. The van der Waals surface area contributed by atoms with E-state index in [1.54, 1.807) is 12.1 Å². The van der Waals surface area contributed by atoms with Gasteiger partial charge in [-0.1, -0.05) is 48.5 Å². The van der Waals surface area contributed by atoms with Gasteiger partial charge < -0.3 is 15.0 Å². The molecule has 2 aliphatic rings. The van der Waals surface area contributed by atoms with Gasteiger partial charge in [-0.15, -0.1) is 0 Å². The fourth-order valence-corrected chi connectivity index (χ4v) is 5.01. The summed E-state index contributed by atoms with van der Waals surface area (Å²) in [5, 5.41) is 4.85. The summed E-state index contributed by atoms with van der Waals surface area (Å²) < 4.78 is 18.7. The molecule has 1 aliphatic heterocycles. The van der Waals surface area contributed by atoms with Gasteiger partial charge in [0.25, 0.3) is 0 Å². The quantitative estimate of drug-likeness (QED) is 0.664. The highest BCUT2D eigenvalue weighted by Crippen LogP contribution is 2.51. The molecule has 5 heteroatoms. The zero-order valence-electron chi connectivity index (χ0n) is 16.8. The first-order valence-electron chi connectivity index (χ1n) is 10.6. The number of nitrogens with zero attached hydrogens (tertiary/aromatic N) is 1. The van der Waals surface area contributed by atoms with Gasteiger partial charge in [0.2, 0.25) is 0 Å². The molecule has 1 aliphatic carbocycles. The maximum atomic E-state index is 13.2. The number of nitrogens with one attached hydrogen (secondary N) is 1. The van der Waals surface area contributed by atoms with Gasteiger partial charge in [0.05, 0.1) is 0 Å². The average molecular weight is 404 g/mol. The minimum Gasteiger partial charge on any atom is -0.410 e. The van der Waals surface area contributed by atoms with E-state index in [4.69, 9.17) is 4.74 Å². The molecule has 154 valence electrons. The van der Waals surface area contributed by atoms with Crippen LogP contribution >= 0.6 is 0 Å². The molecule has 0 spiro atoms. The molecule has 0 radical (unpaired) electrons. The number of hydrogen-bond donors (Lipinski definition) is 1. The van der Waals surface area contributed by atoms with Crippen molar-refractivity contribution in [1.82, 2.24) is 10.2 Å². The Kier molecular flexibility index (Phi) is 5.13. The van der Waals surface area contributed by atoms with Gasteiger partial charge in [0, 0.05) is 31.6 Å². The number of carbonyl (C=O) groups excluding carboxylic acids is 1. The van der Waals surface area contributed by atoms with E-state index in [1.807, 2.05) is 54.6 Å². The molecule has 1 N–H and O–H groups in total. The second-order valence-electron chi connectivity index (χ2n) is 8.37. The van der Waals surface area contributed by atoms with Crippen LogP contribution in [0.1, 0.15) is 17.9 Å². The minimum absolute atomic E-state index is 0.177. The standard InChI is InChI=1S/C25H25FN2O2/c26-20-10-8-18(9-11-20)22-14-19-15-28(16-23(19)22)13-12-27-25(29)30-24-7-3-5-17-4-1-2-6-21(17)24/h1-11,19,22-23H,12-16H2,(H,27,29). The highest BCUT2D eigenvalue weighted by molar-refractivity contribution is 5.90. The van der Waals surface area contributed by atoms with Gasteiger partial charge in [-0.2, -0.15) is 0 Å². The summed E-state index contributed by atoms with van der Waals surface area (Å²) in [5.41, 5.74) is 1.25. The molecule has 1 saturated carbocycles. The van der Waals surface area contributed by atoms with E-state index in [2.05, 4.69) is 10.2 Å².